The van der Waals surface area contributed by atoms with Crippen LogP contribution in [0.4, 0.5) is 0 Å². The van der Waals surface area contributed by atoms with E-state index in [1.807, 2.05) is 0 Å². The maximum absolute atomic E-state index is 12.3. The fourth-order valence-electron chi connectivity index (χ4n) is 1.68. The zero-order valence-electron chi connectivity index (χ0n) is 12.2. The van der Waals surface area contributed by atoms with Crippen LogP contribution in [0.25, 0.3) is 0 Å². The predicted octanol–water partition coefficient (Wildman–Crippen LogP) is 2.73. The maximum atomic E-state index is 12.3. The van der Waals surface area contributed by atoms with Crippen LogP contribution in [-0.4, -0.2) is 34.6 Å². The molecule has 0 fully saturated rings. The highest BCUT2D eigenvalue weighted by Gasteiger charge is 2.22. The van der Waals surface area contributed by atoms with Gasteiger partial charge in [-0.25, -0.2) is 13.1 Å². The molecule has 0 spiro atoms. The van der Waals surface area contributed by atoms with Crippen molar-refractivity contribution in [2.24, 2.45) is 0 Å². The van der Waals surface area contributed by atoms with E-state index < -0.39 is 10.0 Å². The number of esters is 1. The van der Waals surface area contributed by atoms with E-state index in [4.69, 9.17) is 21.1 Å². The molecule has 0 atom stereocenters. The molecule has 124 valence electrons. The first-order valence-corrected chi connectivity index (χ1v) is 9.15. The topological polar surface area (TPSA) is 81.7 Å². The Morgan fingerprint density at radius 2 is 2.09 bits per heavy atom. The van der Waals surface area contributed by atoms with Crippen LogP contribution in [0.15, 0.2) is 21.5 Å². The van der Waals surface area contributed by atoms with E-state index in [2.05, 4.69) is 20.7 Å². The molecular formula is C13H17BrClNO5S. The zero-order chi connectivity index (χ0) is 16.8. The van der Waals surface area contributed by atoms with Crippen molar-refractivity contribution < 1.29 is 22.7 Å². The molecule has 1 aromatic carbocycles. The minimum atomic E-state index is -3.80. The number of rotatable bonds is 8. The highest BCUT2D eigenvalue weighted by Crippen LogP contribution is 2.35. The lowest BCUT2D eigenvalue weighted by atomic mass is 10.3. The Morgan fingerprint density at radius 1 is 1.41 bits per heavy atom. The van der Waals surface area contributed by atoms with Crippen LogP contribution in [0.3, 0.4) is 0 Å². The summed E-state index contributed by atoms with van der Waals surface area (Å²) >= 11 is 9.09. The molecule has 0 heterocycles. The van der Waals surface area contributed by atoms with E-state index in [0.717, 1.165) is 0 Å². The van der Waals surface area contributed by atoms with E-state index in [1.54, 1.807) is 13.0 Å². The number of ether oxygens (including phenoxy) is 2. The molecule has 0 amide bonds. The van der Waals surface area contributed by atoms with E-state index in [9.17, 15) is 13.2 Å². The van der Waals surface area contributed by atoms with Crippen LogP contribution in [0.5, 0.6) is 5.75 Å². The van der Waals surface area contributed by atoms with Gasteiger partial charge < -0.3 is 9.47 Å². The number of methoxy groups -OCH3 is 1. The summed E-state index contributed by atoms with van der Waals surface area (Å²) in [5.74, 6) is -0.188. The number of sulfonamides is 1. The molecule has 0 radical (unpaired) electrons. The fraction of sp³-hybridized carbons (Fsp3) is 0.462. The Hall–Kier alpha value is -0.830. The highest BCUT2D eigenvalue weighted by atomic mass is 79.9. The van der Waals surface area contributed by atoms with E-state index in [-0.39, 0.29) is 34.6 Å². The third-order valence-electron chi connectivity index (χ3n) is 2.62. The molecule has 0 saturated carbocycles. The Kier molecular flexibility index (Phi) is 7.61. The molecule has 0 aliphatic rings. The Morgan fingerprint density at radius 3 is 2.68 bits per heavy atom. The summed E-state index contributed by atoms with van der Waals surface area (Å²) in [6.45, 7) is 2.12. The van der Waals surface area contributed by atoms with E-state index in [1.165, 1.54) is 13.2 Å². The molecule has 0 bridgehead atoms. The zero-order valence-corrected chi connectivity index (χ0v) is 15.3. The lowest BCUT2D eigenvalue weighted by Crippen LogP contribution is -2.26. The monoisotopic (exact) mass is 413 g/mol. The minimum absolute atomic E-state index is 0.0643. The third kappa shape index (κ3) is 5.42. The standard InChI is InChI=1S/C13H17BrClNO5S/c1-3-21-12(17)5-4-6-16-22(18,19)11-8-9(15)7-10(14)13(11)20-2/h7-8,16H,3-6H2,1-2H3. The molecule has 0 aliphatic carbocycles. The van der Waals surface area contributed by atoms with Gasteiger partial charge in [-0.2, -0.15) is 0 Å². The van der Waals surface area contributed by atoms with Gasteiger partial charge in [0.25, 0.3) is 0 Å². The molecule has 0 unspecified atom stereocenters. The number of halogens is 2. The summed E-state index contributed by atoms with van der Waals surface area (Å²) in [7, 11) is -2.43. The van der Waals surface area contributed by atoms with E-state index in [0.29, 0.717) is 17.5 Å². The van der Waals surface area contributed by atoms with Gasteiger partial charge in [-0.3, -0.25) is 4.79 Å². The van der Waals surface area contributed by atoms with Crippen LogP contribution in [0.1, 0.15) is 19.8 Å². The molecule has 6 nitrogen and oxygen atoms in total. The molecule has 22 heavy (non-hydrogen) atoms. The van der Waals surface area contributed by atoms with E-state index >= 15 is 0 Å². The van der Waals surface area contributed by atoms with Gasteiger partial charge in [0.05, 0.1) is 18.2 Å². The number of carbonyl (C=O) groups is 1. The summed E-state index contributed by atoms with van der Waals surface area (Å²) in [6.07, 6.45) is 0.481. The van der Waals surface area contributed by atoms with Gasteiger partial charge in [-0.15, -0.1) is 0 Å². The minimum Gasteiger partial charge on any atom is -0.494 e. The summed E-state index contributed by atoms with van der Waals surface area (Å²) in [5.41, 5.74) is 0. The summed E-state index contributed by atoms with van der Waals surface area (Å²) in [5, 5.41) is 0.263. The van der Waals surface area contributed by atoms with Crippen LogP contribution in [0.2, 0.25) is 5.02 Å². The summed E-state index contributed by atoms with van der Waals surface area (Å²) in [4.78, 5) is 11.1. The quantitative estimate of drug-likeness (QED) is 0.522. The molecule has 1 aromatic rings. The lowest BCUT2D eigenvalue weighted by Gasteiger charge is -2.12. The van der Waals surface area contributed by atoms with Crippen molar-refractivity contribution in [3.63, 3.8) is 0 Å². The van der Waals surface area contributed by atoms with Crippen LogP contribution < -0.4 is 9.46 Å². The SMILES string of the molecule is CCOC(=O)CCCNS(=O)(=O)c1cc(Cl)cc(Br)c1OC. The average Bonchev–Trinajstić information content (AvgIpc) is 2.43. The smallest absolute Gasteiger partial charge is 0.305 e. The molecule has 1 rings (SSSR count). The van der Waals surface area contributed by atoms with Gasteiger partial charge in [0.1, 0.15) is 4.90 Å². The first-order chi connectivity index (χ1) is 10.3. The Labute approximate surface area is 143 Å². The highest BCUT2D eigenvalue weighted by molar-refractivity contribution is 9.10. The van der Waals surface area contributed by atoms with Gasteiger partial charge in [-0.1, -0.05) is 11.6 Å². The van der Waals surface area contributed by atoms with Crippen LogP contribution in [0, 0.1) is 0 Å². The molecule has 0 aromatic heterocycles. The third-order valence-corrected chi connectivity index (χ3v) is 4.90. The second-order valence-corrected chi connectivity index (χ2v) is 7.25. The first kappa shape index (κ1) is 19.2. The fourth-order valence-corrected chi connectivity index (χ4v) is 4.14. The second kappa shape index (κ2) is 8.71. The van der Waals surface area contributed by atoms with Gasteiger partial charge in [0.15, 0.2) is 5.75 Å². The van der Waals surface area contributed by atoms with Crippen molar-refractivity contribution in [1.29, 1.82) is 0 Å². The van der Waals surface area contributed by atoms with Crippen molar-refractivity contribution in [1.82, 2.24) is 4.72 Å². The first-order valence-electron chi connectivity index (χ1n) is 6.50. The lowest BCUT2D eigenvalue weighted by molar-refractivity contribution is -0.143. The van der Waals surface area contributed by atoms with Crippen molar-refractivity contribution in [3.05, 3.63) is 21.6 Å². The number of carbonyl (C=O) groups excluding carboxylic acids is 1. The molecule has 0 aliphatic heterocycles. The van der Waals surface area contributed by atoms with Gasteiger partial charge in [-0.05, 0) is 41.4 Å². The molecule has 1 N–H and O–H groups in total. The van der Waals surface area contributed by atoms with Gasteiger partial charge in [0.2, 0.25) is 10.0 Å². The van der Waals surface area contributed by atoms with Gasteiger partial charge in [0, 0.05) is 18.0 Å². The number of nitrogens with one attached hydrogen (secondary N) is 1. The molecular weight excluding hydrogens is 398 g/mol. The maximum Gasteiger partial charge on any atom is 0.305 e. The summed E-state index contributed by atoms with van der Waals surface area (Å²) in [6, 6.07) is 2.85. The number of hydrogen-bond acceptors (Lipinski definition) is 5. The Balaban J connectivity index is 2.77. The van der Waals surface area contributed by atoms with Crippen LogP contribution in [-0.2, 0) is 19.6 Å². The van der Waals surface area contributed by atoms with Crippen molar-refractivity contribution in [2.75, 3.05) is 20.3 Å². The van der Waals surface area contributed by atoms with Crippen molar-refractivity contribution in [2.45, 2.75) is 24.7 Å². The van der Waals surface area contributed by atoms with Crippen molar-refractivity contribution >= 4 is 43.5 Å². The number of benzene rings is 1. The van der Waals surface area contributed by atoms with Gasteiger partial charge >= 0.3 is 5.97 Å². The second-order valence-electron chi connectivity index (χ2n) is 4.23. The van der Waals surface area contributed by atoms with Crippen molar-refractivity contribution in [3.8, 4) is 5.75 Å². The number of hydrogen-bond donors (Lipinski definition) is 1. The Bertz CT molecular complexity index is 636. The predicted molar refractivity (Wildman–Crippen MR) is 86.8 cm³/mol. The average molecular weight is 415 g/mol. The summed E-state index contributed by atoms with van der Waals surface area (Å²) < 4.78 is 37.3. The largest absolute Gasteiger partial charge is 0.494 e. The van der Waals surface area contributed by atoms with Crippen LogP contribution >= 0.6 is 27.5 Å². The molecule has 9 heteroatoms. The molecule has 0 saturated heterocycles. The normalized spacial score (nSPS) is 11.3.